The SMILES string of the molecule is CCC/C(=C\c1ccc(O)cc1Cl)CC[C@H]1OB(O)C[C@H]2C1=C(COc1ccccc1)CS2(=O)=O. The van der Waals surface area contributed by atoms with Crippen LogP contribution in [-0.4, -0.2) is 49.4 Å². The van der Waals surface area contributed by atoms with Crippen molar-refractivity contribution in [1.82, 2.24) is 0 Å². The summed E-state index contributed by atoms with van der Waals surface area (Å²) in [4.78, 5) is 0. The van der Waals surface area contributed by atoms with Gasteiger partial charge >= 0.3 is 7.12 Å². The van der Waals surface area contributed by atoms with Gasteiger partial charge in [0.15, 0.2) is 9.84 Å². The van der Waals surface area contributed by atoms with Crippen molar-refractivity contribution in [1.29, 1.82) is 0 Å². The molecule has 2 aliphatic heterocycles. The van der Waals surface area contributed by atoms with Crippen molar-refractivity contribution in [2.75, 3.05) is 12.4 Å². The Bertz CT molecular complexity index is 1210. The molecule has 0 aliphatic carbocycles. The van der Waals surface area contributed by atoms with E-state index in [2.05, 4.69) is 6.92 Å². The minimum atomic E-state index is -3.42. The molecule has 0 spiro atoms. The van der Waals surface area contributed by atoms with Crippen molar-refractivity contribution in [2.24, 2.45) is 0 Å². The molecule has 6 nitrogen and oxygen atoms in total. The second-order valence-electron chi connectivity index (χ2n) is 9.07. The highest BCUT2D eigenvalue weighted by atomic mass is 35.5. The van der Waals surface area contributed by atoms with Crippen LogP contribution in [-0.2, 0) is 14.5 Å². The number of phenolic OH excluding ortho intramolecular Hbond substituents is 1. The van der Waals surface area contributed by atoms with E-state index in [1.165, 1.54) is 6.07 Å². The Balaban J connectivity index is 1.56. The number of rotatable bonds is 9. The molecule has 1 saturated heterocycles. The monoisotopic (exact) mass is 516 g/mol. The van der Waals surface area contributed by atoms with Crippen molar-refractivity contribution in [3.05, 3.63) is 75.8 Å². The second kappa shape index (κ2) is 11.2. The number of fused-ring (bicyclic) bond motifs is 1. The number of aromatic hydroxyl groups is 1. The summed E-state index contributed by atoms with van der Waals surface area (Å²) in [6, 6.07) is 14.2. The highest BCUT2D eigenvalue weighted by molar-refractivity contribution is 7.92. The van der Waals surface area contributed by atoms with Crippen molar-refractivity contribution in [2.45, 2.75) is 50.3 Å². The molecule has 2 heterocycles. The van der Waals surface area contributed by atoms with Gasteiger partial charge in [-0.2, -0.15) is 0 Å². The average molecular weight is 517 g/mol. The lowest BCUT2D eigenvalue weighted by Crippen LogP contribution is -2.42. The van der Waals surface area contributed by atoms with Gasteiger partial charge in [-0.15, -0.1) is 0 Å². The van der Waals surface area contributed by atoms with Crippen LogP contribution < -0.4 is 4.74 Å². The van der Waals surface area contributed by atoms with Crippen molar-refractivity contribution in [3.8, 4) is 11.5 Å². The van der Waals surface area contributed by atoms with E-state index in [4.69, 9.17) is 21.0 Å². The summed E-state index contributed by atoms with van der Waals surface area (Å²) in [6.45, 7) is 2.26. The molecule has 2 aliphatic rings. The number of sulfone groups is 1. The van der Waals surface area contributed by atoms with Crippen LogP contribution in [0.4, 0.5) is 0 Å². The Morgan fingerprint density at radius 2 is 2.00 bits per heavy atom. The van der Waals surface area contributed by atoms with E-state index in [9.17, 15) is 18.5 Å². The van der Waals surface area contributed by atoms with Gasteiger partial charge in [-0.3, -0.25) is 0 Å². The first-order valence-electron chi connectivity index (χ1n) is 11.9. The molecule has 9 heteroatoms. The minimum Gasteiger partial charge on any atom is -0.508 e. The van der Waals surface area contributed by atoms with Gasteiger partial charge < -0.3 is 19.5 Å². The first-order valence-corrected chi connectivity index (χ1v) is 14.0. The van der Waals surface area contributed by atoms with E-state index in [1.807, 2.05) is 36.4 Å². The molecule has 35 heavy (non-hydrogen) atoms. The Kier molecular flexibility index (Phi) is 8.27. The summed E-state index contributed by atoms with van der Waals surface area (Å²) in [6.07, 6.45) is 4.53. The van der Waals surface area contributed by atoms with Crippen LogP contribution in [0, 0.1) is 0 Å². The number of ether oxygens (including phenoxy) is 1. The number of halogens is 1. The van der Waals surface area contributed by atoms with Crippen LogP contribution in [0.5, 0.6) is 11.5 Å². The number of hydrogen-bond donors (Lipinski definition) is 2. The fraction of sp³-hybridized carbons (Fsp3) is 0.385. The van der Waals surface area contributed by atoms with Crippen LogP contribution in [0.2, 0.25) is 11.3 Å². The zero-order valence-electron chi connectivity index (χ0n) is 19.7. The minimum absolute atomic E-state index is 0.0454. The van der Waals surface area contributed by atoms with Crippen molar-refractivity contribution in [3.63, 3.8) is 0 Å². The molecule has 2 atom stereocenters. The second-order valence-corrected chi connectivity index (χ2v) is 11.7. The molecule has 0 saturated carbocycles. The lowest BCUT2D eigenvalue weighted by molar-refractivity contribution is 0.168. The van der Waals surface area contributed by atoms with Crippen molar-refractivity contribution < 1.29 is 27.9 Å². The largest absolute Gasteiger partial charge is 0.508 e. The maximum atomic E-state index is 12.9. The number of allylic oxidation sites excluding steroid dienone is 1. The number of para-hydroxylation sites is 1. The van der Waals surface area contributed by atoms with Crippen LogP contribution in [0.15, 0.2) is 65.3 Å². The van der Waals surface area contributed by atoms with Gasteiger partial charge in [0, 0.05) is 6.32 Å². The van der Waals surface area contributed by atoms with Crippen molar-refractivity contribution >= 4 is 34.6 Å². The molecule has 1 fully saturated rings. The quantitative estimate of drug-likeness (QED) is 0.357. The van der Waals surface area contributed by atoms with Gasteiger partial charge in [-0.25, -0.2) is 8.42 Å². The van der Waals surface area contributed by atoms with Gasteiger partial charge in [0.25, 0.3) is 0 Å². The predicted molar refractivity (Wildman–Crippen MR) is 139 cm³/mol. The maximum absolute atomic E-state index is 12.9. The summed E-state index contributed by atoms with van der Waals surface area (Å²) < 4.78 is 37.7. The smallest absolute Gasteiger partial charge is 0.456 e. The molecular formula is C26H30BClO6S. The molecule has 0 bridgehead atoms. The molecule has 0 radical (unpaired) electrons. The van der Waals surface area contributed by atoms with Gasteiger partial charge in [-0.1, -0.05) is 54.8 Å². The topological polar surface area (TPSA) is 93.1 Å². The molecule has 2 aromatic rings. The highest BCUT2D eigenvalue weighted by Crippen LogP contribution is 2.40. The summed E-state index contributed by atoms with van der Waals surface area (Å²) >= 11 is 6.30. The number of phenols is 1. The summed E-state index contributed by atoms with van der Waals surface area (Å²) in [5.41, 5.74) is 3.42. The average Bonchev–Trinajstić information content (AvgIpc) is 3.08. The van der Waals surface area contributed by atoms with Gasteiger partial charge in [0.1, 0.15) is 18.1 Å². The lowest BCUT2D eigenvalue weighted by Gasteiger charge is -2.32. The molecule has 0 unspecified atom stereocenters. The first-order chi connectivity index (χ1) is 16.8. The zero-order valence-corrected chi connectivity index (χ0v) is 21.3. The molecular weight excluding hydrogens is 487 g/mol. The van der Waals surface area contributed by atoms with Gasteiger partial charge in [0.05, 0.1) is 22.1 Å². The molecule has 0 amide bonds. The van der Waals surface area contributed by atoms with E-state index >= 15 is 0 Å². The third-order valence-corrected chi connectivity index (χ3v) is 8.84. The van der Waals surface area contributed by atoms with E-state index in [-0.39, 0.29) is 24.4 Å². The van der Waals surface area contributed by atoms with Gasteiger partial charge in [0.2, 0.25) is 0 Å². The molecule has 0 aromatic heterocycles. The number of hydrogen-bond acceptors (Lipinski definition) is 6. The summed E-state index contributed by atoms with van der Waals surface area (Å²) in [5, 5.41) is 19.7. The predicted octanol–water partition coefficient (Wildman–Crippen LogP) is 5.06. The third kappa shape index (κ3) is 6.30. The van der Waals surface area contributed by atoms with Gasteiger partial charge in [-0.05, 0) is 66.3 Å². The molecule has 2 N–H and O–H groups in total. The molecule has 4 rings (SSSR count). The highest BCUT2D eigenvalue weighted by Gasteiger charge is 2.48. The van der Waals surface area contributed by atoms with Crippen LogP contribution in [0.1, 0.15) is 38.2 Å². The first kappa shape index (κ1) is 25.8. The summed E-state index contributed by atoms with van der Waals surface area (Å²) in [5.74, 6) is 0.709. The Labute approximate surface area is 212 Å². The third-order valence-electron chi connectivity index (χ3n) is 6.45. The Morgan fingerprint density at radius 3 is 2.71 bits per heavy atom. The summed E-state index contributed by atoms with van der Waals surface area (Å²) in [7, 11) is -4.55. The standard InChI is InChI=1S/C26H30BClO6S/c1-2-6-18(13-19-10-11-21(29)14-23(19)28)9-12-24-26-20(16-33-22-7-4-3-5-8-22)17-35(31,32)25(26)15-27(30)34-24/h3-5,7-8,10-11,13-14,24-25,29-30H,2,6,9,12,15-17H2,1H3/b18-13+/t24-,25+/m1/s1. The van der Waals surface area contributed by atoms with E-state index < -0.39 is 28.3 Å². The normalized spacial score (nSPS) is 21.8. The van der Waals surface area contributed by atoms with Crippen LogP contribution >= 0.6 is 11.6 Å². The Hall–Kier alpha value is -2.26. The lowest BCUT2D eigenvalue weighted by atomic mass is 9.74. The fourth-order valence-corrected chi connectivity index (χ4v) is 7.18. The maximum Gasteiger partial charge on any atom is 0.456 e. The molecule has 2 aromatic carbocycles. The van der Waals surface area contributed by atoms with Crippen LogP contribution in [0.3, 0.4) is 0 Å². The fourth-order valence-electron chi connectivity index (χ4n) is 4.85. The number of benzene rings is 2. The zero-order chi connectivity index (χ0) is 25.0. The van der Waals surface area contributed by atoms with E-state index in [0.29, 0.717) is 23.6 Å². The van der Waals surface area contributed by atoms with Crippen LogP contribution in [0.25, 0.3) is 6.08 Å². The van der Waals surface area contributed by atoms with E-state index in [1.54, 1.807) is 12.1 Å². The molecule has 186 valence electrons. The Morgan fingerprint density at radius 1 is 1.23 bits per heavy atom. The van der Waals surface area contributed by atoms with E-state index in [0.717, 1.165) is 35.1 Å².